The first-order valence-electron chi connectivity index (χ1n) is 10.5. The second-order valence-electron chi connectivity index (χ2n) is 7.91. The number of hydrogen-bond donors (Lipinski definition) is 1. The topological polar surface area (TPSA) is 75.7 Å². The number of carbonyl (C=O) groups excluding carboxylic acids is 1. The Hall–Kier alpha value is -3.32. The van der Waals surface area contributed by atoms with Gasteiger partial charge in [0.05, 0.1) is 17.1 Å². The van der Waals surface area contributed by atoms with Gasteiger partial charge in [0.1, 0.15) is 5.75 Å². The van der Waals surface area contributed by atoms with Crippen LogP contribution in [0.15, 0.2) is 77.7 Å². The van der Waals surface area contributed by atoms with Crippen LogP contribution in [-0.2, 0) is 21.2 Å². The number of anilines is 1. The third-order valence-corrected chi connectivity index (χ3v) is 7.42. The van der Waals surface area contributed by atoms with E-state index in [1.807, 2.05) is 43.3 Å². The van der Waals surface area contributed by atoms with Crippen LogP contribution >= 0.6 is 0 Å². The van der Waals surface area contributed by atoms with Crippen LogP contribution in [0.1, 0.15) is 16.7 Å². The van der Waals surface area contributed by atoms with Crippen molar-refractivity contribution >= 4 is 21.6 Å². The van der Waals surface area contributed by atoms with Gasteiger partial charge in [-0.25, -0.2) is 8.42 Å². The Bertz CT molecular complexity index is 1230. The van der Waals surface area contributed by atoms with E-state index in [4.69, 9.17) is 4.74 Å². The van der Waals surface area contributed by atoms with E-state index < -0.39 is 16.1 Å². The second kappa shape index (κ2) is 9.04. The van der Waals surface area contributed by atoms with Crippen molar-refractivity contribution in [3.8, 4) is 5.75 Å². The van der Waals surface area contributed by atoms with Crippen LogP contribution in [0.5, 0.6) is 5.75 Å². The Labute approximate surface area is 188 Å². The van der Waals surface area contributed by atoms with Gasteiger partial charge in [-0.15, -0.1) is 0 Å². The van der Waals surface area contributed by atoms with Gasteiger partial charge in [-0.2, -0.15) is 0 Å². The fraction of sp³-hybridized carbons (Fsp3) is 0.240. The van der Waals surface area contributed by atoms with Gasteiger partial charge in [0.15, 0.2) is 6.10 Å². The highest BCUT2D eigenvalue weighted by molar-refractivity contribution is 7.93. The van der Waals surface area contributed by atoms with Crippen LogP contribution in [0.3, 0.4) is 0 Å². The molecule has 32 heavy (non-hydrogen) atoms. The molecule has 1 N–H and O–H groups in total. The van der Waals surface area contributed by atoms with Crippen molar-refractivity contribution in [3.05, 3.63) is 89.5 Å². The number of para-hydroxylation sites is 2. The van der Waals surface area contributed by atoms with E-state index in [9.17, 15) is 13.2 Å². The van der Waals surface area contributed by atoms with Gasteiger partial charge in [0.2, 0.25) is 0 Å². The quantitative estimate of drug-likeness (QED) is 0.622. The van der Waals surface area contributed by atoms with Crippen molar-refractivity contribution in [2.45, 2.75) is 31.3 Å². The highest BCUT2D eigenvalue weighted by atomic mass is 32.2. The summed E-state index contributed by atoms with van der Waals surface area (Å²) in [5.74, 6) is 0.0347. The summed E-state index contributed by atoms with van der Waals surface area (Å²) in [5, 5.41) is 2.88. The minimum atomic E-state index is -3.89. The van der Waals surface area contributed by atoms with Crippen LogP contribution in [0.4, 0.5) is 5.69 Å². The smallest absolute Gasteiger partial charge is 0.264 e. The zero-order chi connectivity index (χ0) is 22.7. The molecule has 0 saturated heterocycles. The summed E-state index contributed by atoms with van der Waals surface area (Å²) in [6, 6.07) is 22.1. The van der Waals surface area contributed by atoms with Crippen molar-refractivity contribution in [1.82, 2.24) is 5.32 Å². The van der Waals surface area contributed by atoms with Crippen LogP contribution in [0, 0.1) is 13.8 Å². The number of nitrogens with one attached hydrogen (secondary N) is 1. The van der Waals surface area contributed by atoms with E-state index in [0.29, 0.717) is 30.0 Å². The predicted molar refractivity (Wildman–Crippen MR) is 124 cm³/mol. The molecule has 1 heterocycles. The Kier molecular flexibility index (Phi) is 6.19. The number of carbonyl (C=O) groups is 1. The van der Waals surface area contributed by atoms with E-state index in [2.05, 4.69) is 5.32 Å². The monoisotopic (exact) mass is 450 g/mol. The highest BCUT2D eigenvalue weighted by Crippen LogP contribution is 2.37. The molecule has 3 aromatic carbocycles. The third kappa shape index (κ3) is 4.48. The Morgan fingerprint density at radius 1 is 1.03 bits per heavy atom. The molecule has 0 bridgehead atoms. The minimum Gasteiger partial charge on any atom is -0.476 e. The molecule has 0 spiro atoms. The first-order chi connectivity index (χ1) is 15.4. The van der Waals surface area contributed by atoms with Gasteiger partial charge in [-0.3, -0.25) is 9.10 Å². The lowest BCUT2D eigenvalue weighted by Gasteiger charge is -2.35. The Balaban J connectivity index is 1.58. The zero-order valence-corrected chi connectivity index (χ0v) is 18.9. The van der Waals surface area contributed by atoms with E-state index in [1.54, 1.807) is 43.3 Å². The summed E-state index contributed by atoms with van der Waals surface area (Å²) < 4.78 is 34.4. The number of rotatable bonds is 6. The third-order valence-electron chi connectivity index (χ3n) is 5.49. The van der Waals surface area contributed by atoms with Gasteiger partial charge in [0, 0.05) is 6.54 Å². The van der Waals surface area contributed by atoms with Gasteiger partial charge in [-0.05, 0) is 55.2 Å². The highest BCUT2D eigenvalue weighted by Gasteiger charge is 2.37. The molecular formula is C25H26N2O4S. The van der Waals surface area contributed by atoms with Crippen molar-refractivity contribution < 1.29 is 17.9 Å². The van der Waals surface area contributed by atoms with Gasteiger partial charge in [-0.1, -0.05) is 54.6 Å². The standard InChI is InChI=1S/C25H26N2O4S/c1-18-12-13-19(2)24(16-18)32(29,30)27-17-23(31-22-11-7-6-10-21(22)27)25(28)26-15-14-20-8-4-3-5-9-20/h3-13,16,23H,14-15,17H2,1-2H3,(H,26,28)/t23-/m0/s1. The van der Waals surface area contributed by atoms with Gasteiger partial charge in [0.25, 0.3) is 15.9 Å². The molecular weight excluding hydrogens is 424 g/mol. The molecule has 0 saturated carbocycles. The number of aryl methyl sites for hydroxylation is 2. The number of fused-ring (bicyclic) bond motifs is 1. The Morgan fingerprint density at radius 2 is 1.75 bits per heavy atom. The fourth-order valence-electron chi connectivity index (χ4n) is 3.76. The molecule has 0 fully saturated rings. The zero-order valence-electron chi connectivity index (χ0n) is 18.1. The number of benzene rings is 3. The molecule has 0 radical (unpaired) electrons. The molecule has 0 unspecified atom stereocenters. The van der Waals surface area contributed by atoms with E-state index in [1.165, 1.54) is 4.31 Å². The SMILES string of the molecule is Cc1ccc(C)c(S(=O)(=O)N2C[C@@H](C(=O)NCCc3ccccc3)Oc3ccccc32)c1. The summed E-state index contributed by atoms with van der Waals surface area (Å²) in [4.78, 5) is 13.1. The molecule has 6 nitrogen and oxygen atoms in total. The lowest BCUT2D eigenvalue weighted by Crippen LogP contribution is -2.51. The molecule has 4 rings (SSSR count). The van der Waals surface area contributed by atoms with Crippen molar-refractivity contribution in [2.75, 3.05) is 17.4 Å². The average Bonchev–Trinajstić information content (AvgIpc) is 2.80. The van der Waals surface area contributed by atoms with Gasteiger partial charge < -0.3 is 10.1 Å². The maximum absolute atomic E-state index is 13.6. The summed E-state index contributed by atoms with van der Waals surface area (Å²) in [6.45, 7) is 3.97. The van der Waals surface area contributed by atoms with Crippen molar-refractivity contribution in [2.24, 2.45) is 0 Å². The van der Waals surface area contributed by atoms with E-state index >= 15 is 0 Å². The molecule has 1 aliphatic rings. The van der Waals surface area contributed by atoms with E-state index in [0.717, 1.165) is 11.1 Å². The van der Waals surface area contributed by atoms with Crippen LogP contribution < -0.4 is 14.4 Å². The number of nitrogens with zero attached hydrogens (tertiary/aromatic N) is 1. The fourth-order valence-corrected chi connectivity index (χ4v) is 5.55. The molecule has 3 aromatic rings. The molecule has 7 heteroatoms. The van der Waals surface area contributed by atoms with E-state index in [-0.39, 0.29) is 17.3 Å². The molecule has 1 atom stereocenters. The largest absolute Gasteiger partial charge is 0.476 e. The summed E-state index contributed by atoms with van der Waals surface area (Å²) >= 11 is 0. The summed E-state index contributed by atoms with van der Waals surface area (Å²) in [5.41, 5.74) is 3.05. The lowest BCUT2D eigenvalue weighted by atomic mass is 10.1. The number of hydrogen-bond acceptors (Lipinski definition) is 4. The molecule has 1 aliphatic heterocycles. The normalized spacial score (nSPS) is 15.6. The average molecular weight is 451 g/mol. The molecule has 0 aromatic heterocycles. The molecule has 0 aliphatic carbocycles. The predicted octanol–water partition coefficient (Wildman–Crippen LogP) is 3.62. The summed E-state index contributed by atoms with van der Waals surface area (Å²) in [7, 11) is -3.89. The number of sulfonamides is 1. The maximum Gasteiger partial charge on any atom is 0.264 e. The number of amides is 1. The first-order valence-corrected chi connectivity index (χ1v) is 12.0. The van der Waals surface area contributed by atoms with Crippen LogP contribution in [0.2, 0.25) is 0 Å². The minimum absolute atomic E-state index is 0.0934. The Morgan fingerprint density at radius 3 is 2.53 bits per heavy atom. The molecule has 166 valence electrons. The maximum atomic E-state index is 13.6. The lowest BCUT2D eigenvalue weighted by molar-refractivity contribution is -0.127. The first kappa shape index (κ1) is 21.9. The van der Waals surface area contributed by atoms with Gasteiger partial charge >= 0.3 is 0 Å². The van der Waals surface area contributed by atoms with Crippen molar-refractivity contribution in [3.63, 3.8) is 0 Å². The van der Waals surface area contributed by atoms with Crippen LogP contribution in [-0.4, -0.2) is 33.5 Å². The molecule has 1 amide bonds. The van der Waals surface area contributed by atoms with Crippen LogP contribution in [0.25, 0.3) is 0 Å². The second-order valence-corrected chi connectivity index (χ2v) is 9.74. The summed E-state index contributed by atoms with van der Waals surface area (Å²) in [6.07, 6.45) is -0.263. The van der Waals surface area contributed by atoms with Crippen molar-refractivity contribution in [1.29, 1.82) is 0 Å². The number of ether oxygens (including phenoxy) is 1.